The summed E-state index contributed by atoms with van der Waals surface area (Å²) in [5, 5.41) is 6.25. The average Bonchev–Trinajstić information content (AvgIpc) is 3.90. The van der Waals surface area contributed by atoms with Crippen LogP contribution in [0.4, 0.5) is 0 Å². The van der Waals surface area contributed by atoms with Crippen LogP contribution in [-0.2, 0) is 62.4 Å². The van der Waals surface area contributed by atoms with Gasteiger partial charge in [-0.3, -0.25) is 18.7 Å². The molecule has 0 bridgehead atoms. The lowest BCUT2D eigenvalue weighted by atomic mass is 9.47. The highest BCUT2D eigenvalue weighted by atomic mass is 32.3. The summed E-state index contributed by atoms with van der Waals surface area (Å²) in [7, 11) is -8.94. The first-order valence-electron chi connectivity index (χ1n) is 28.7. The summed E-state index contributed by atoms with van der Waals surface area (Å²) in [6, 6.07) is 0. The van der Waals surface area contributed by atoms with E-state index in [2.05, 4.69) is 64.3 Å². The molecule has 16 atom stereocenters. The van der Waals surface area contributed by atoms with Crippen LogP contribution in [0.1, 0.15) is 144 Å². The third-order valence-electron chi connectivity index (χ3n) is 21.4. The number of rotatable bonds is 26. The Morgan fingerprint density at radius 3 is 1.21 bits per heavy atom. The first-order chi connectivity index (χ1) is 35.6. The van der Waals surface area contributed by atoms with Crippen LogP contribution in [0.3, 0.4) is 0 Å². The van der Waals surface area contributed by atoms with E-state index in [0.717, 1.165) is 77.0 Å². The summed E-state index contributed by atoms with van der Waals surface area (Å²) in [6.45, 7) is 19.0. The number of hydrogen-bond acceptors (Lipinski definition) is 13. The molecule has 0 radical (unpaired) electrons. The highest BCUT2D eigenvalue weighted by Crippen LogP contribution is 2.69. The first-order valence-corrected chi connectivity index (χ1v) is 31.4. The molecule has 428 valence electrons. The van der Waals surface area contributed by atoms with Crippen molar-refractivity contribution >= 4 is 32.6 Å². The molecule has 0 heterocycles. The molecule has 2 amide bonds. The topological polar surface area (TPSA) is 232 Å². The second-order valence-electron chi connectivity index (χ2n) is 25.0. The van der Waals surface area contributed by atoms with Gasteiger partial charge in [0.15, 0.2) is 0 Å². The van der Waals surface area contributed by atoms with Gasteiger partial charge >= 0.3 is 20.8 Å². The number of hydrogen-bond donors (Lipinski definition) is 4. The molecule has 8 rings (SSSR count). The van der Waals surface area contributed by atoms with Crippen molar-refractivity contribution < 1.29 is 67.6 Å². The molecule has 17 nitrogen and oxygen atoms in total. The largest absolute Gasteiger partial charge is 0.397 e. The zero-order valence-electron chi connectivity index (χ0n) is 45.9. The van der Waals surface area contributed by atoms with E-state index < -0.39 is 33.0 Å². The summed E-state index contributed by atoms with van der Waals surface area (Å²) in [6.07, 6.45) is 18.5. The SMILES string of the molecule is C[C@H](C(=O)NCCOCCOCCOCCOCCOCCNC(=O)[C@@H](C)[C@H]1CC[C@H]2[C@@H]3CC=C4C[C@@H](OS(=O)(=O)O)CC[C@]4(C)[C@H]3CC[C@]12C)[C@H]1CC[C@H]2[C@@H]3CC=C4C[C@@H](OS(=O)(=O)O)CC[C@]4(C)[C@H]3CC[C@]12C. The molecule has 19 heteroatoms. The molecule has 8 aliphatic rings. The standard InChI is InChI=1S/C56H92N2O15S2/c1-37(45-11-13-47-43-9-7-39-35-41(72-74(61,62)63)15-19-53(39,3)49(43)17-21-55(45,47)5)51(59)57-23-25-67-27-29-69-31-33-71-34-32-70-30-28-68-26-24-58-52(60)38(2)46-12-14-48-44-10-8-40-36-42(73-75(64,65)66)16-20-54(40,4)50(44)18-22-56(46,48)6/h7-8,37-38,41-50H,9-36H2,1-6H3,(H,57,59)(H,58,60)(H,61,62,63)(H,64,65,66)/t37-,38-,41-,42-,43-,44-,45+,46+,47-,48-,49-,50-,53-,54-,55+,56+/m0/s1. The zero-order valence-corrected chi connectivity index (χ0v) is 47.5. The van der Waals surface area contributed by atoms with Crippen molar-refractivity contribution in [2.75, 3.05) is 79.2 Å². The Bertz CT molecular complexity index is 2110. The van der Waals surface area contributed by atoms with E-state index in [4.69, 9.17) is 32.1 Å². The van der Waals surface area contributed by atoms with Crippen LogP contribution < -0.4 is 10.6 Å². The predicted molar refractivity (Wildman–Crippen MR) is 282 cm³/mol. The van der Waals surface area contributed by atoms with E-state index in [-0.39, 0.29) is 45.3 Å². The molecule has 0 spiro atoms. The van der Waals surface area contributed by atoms with Crippen molar-refractivity contribution in [1.82, 2.24) is 10.6 Å². The van der Waals surface area contributed by atoms with E-state index in [9.17, 15) is 35.5 Å². The van der Waals surface area contributed by atoms with Gasteiger partial charge in [-0.05, 0) is 172 Å². The molecule has 4 N–H and O–H groups in total. The quantitative estimate of drug-likeness (QED) is 0.0364. The van der Waals surface area contributed by atoms with Gasteiger partial charge in [0.05, 0.1) is 78.3 Å². The van der Waals surface area contributed by atoms with Gasteiger partial charge in [0, 0.05) is 24.9 Å². The lowest BCUT2D eigenvalue weighted by Gasteiger charge is -2.58. The Balaban J connectivity index is 0.608. The Hall–Kier alpha value is -2.04. The van der Waals surface area contributed by atoms with Crippen LogP contribution in [0, 0.1) is 80.8 Å². The van der Waals surface area contributed by atoms with E-state index in [1.807, 2.05) is 0 Å². The second-order valence-corrected chi connectivity index (χ2v) is 27.1. The molecule has 0 aromatic rings. The second kappa shape index (κ2) is 24.8. The summed E-state index contributed by atoms with van der Waals surface area (Å²) < 4.78 is 103. The van der Waals surface area contributed by atoms with Crippen LogP contribution in [0.5, 0.6) is 0 Å². The van der Waals surface area contributed by atoms with Gasteiger partial charge in [0.1, 0.15) is 0 Å². The number of carbonyl (C=O) groups is 2. The van der Waals surface area contributed by atoms with Crippen LogP contribution >= 0.6 is 0 Å². The summed E-state index contributed by atoms with van der Waals surface area (Å²) >= 11 is 0. The number of amides is 2. The molecule has 0 unspecified atom stereocenters. The number of ether oxygens (including phenoxy) is 5. The third kappa shape index (κ3) is 13.4. The monoisotopic (exact) mass is 1100 g/mol. The fraction of sp³-hybridized carbons (Fsp3) is 0.893. The molecule has 8 aliphatic carbocycles. The highest BCUT2D eigenvalue weighted by Gasteiger charge is 2.62. The Labute approximate surface area is 448 Å². The maximum Gasteiger partial charge on any atom is 0.397 e. The summed E-state index contributed by atoms with van der Waals surface area (Å²) in [5.74, 6) is 3.96. The van der Waals surface area contributed by atoms with Gasteiger partial charge < -0.3 is 34.3 Å². The first kappa shape index (κ1) is 59.1. The predicted octanol–water partition coefficient (Wildman–Crippen LogP) is 8.11. The molecular formula is C56H92N2O15S2. The molecule has 0 aliphatic heterocycles. The van der Waals surface area contributed by atoms with Crippen molar-refractivity contribution in [3.05, 3.63) is 23.3 Å². The van der Waals surface area contributed by atoms with Crippen molar-refractivity contribution in [1.29, 1.82) is 0 Å². The van der Waals surface area contributed by atoms with Gasteiger partial charge in [-0.25, -0.2) is 8.37 Å². The minimum absolute atomic E-state index is 0.0194. The van der Waals surface area contributed by atoms with Crippen LogP contribution in [0.2, 0.25) is 0 Å². The average molecular weight is 1100 g/mol. The maximum absolute atomic E-state index is 13.4. The van der Waals surface area contributed by atoms with Crippen molar-refractivity contribution in [2.45, 2.75) is 156 Å². The number of nitrogens with one attached hydrogen (secondary N) is 2. The lowest BCUT2D eigenvalue weighted by molar-refractivity contribution is -0.130. The molecule has 6 fully saturated rings. The molecule has 0 aromatic carbocycles. The smallest absolute Gasteiger partial charge is 0.377 e. The maximum atomic E-state index is 13.4. The Kier molecular flexibility index (Phi) is 19.5. The van der Waals surface area contributed by atoms with Crippen molar-refractivity contribution in [3.63, 3.8) is 0 Å². The molecule has 0 aromatic heterocycles. The molecule has 6 saturated carbocycles. The zero-order chi connectivity index (χ0) is 53.8. The normalized spacial score (nSPS) is 38.1. The summed E-state index contributed by atoms with van der Waals surface area (Å²) in [5.41, 5.74) is 2.82. The highest BCUT2D eigenvalue weighted by molar-refractivity contribution is 7.81. The van der Waals surface area contributed by atoms with Crippen molar-refractivity contribution in [2.24, 2.45) is 80.8 Å². The summed E-state index contributed by atoms with van der Waals surface area (Å²) in [4.78, 5) is 26.9. The van der Waals surface area contributed by atoms with E-state index >= 15 is 0 Å². The van der Waals surface area contributed by atoms with Gasteiger partial charge in [-0.2, -0.15) is 16.8 Å². The molecule has 75 heavy (non-hydrogen) atoms. The van der Waals surface area contributed by atoms with E-state index in [1.54, 1.807) is 0 Å². The fourth-order valence-corrected chi connectivity index (χ4v) is 18.7. The van der Waals surface area contributed by atoms with Crippen LogP contribution in [-0.4, -0.2) is 129 Å². The van der Waals surface area contributed by atoms with Gasteiger partial charge in [-0.1, -0.05) is 64.8 Å². The van der Waals surface area contributed by atoms with Gasteiger partial charge in [0.2, 0.25) is 11.8 Å². The van der Waals surface area contributed by atoms with E-state index in [1.165, 1.54) is 11.1 Å². The van der Waals surface area contributed by atoms with Gasteiger partial charge in [-0.15, -0.1) is 0 Å². The van der Waals surface area contributed by atoms with Crippen LogP contribution in [0.15, 0.2) is 23.3 Å². The Morgan fingerprint density at radius 1 is 0.520 bits per heavy atom. The van der Waals surface area contributed by atoms with Crippen LogP contribution in [0.25, 0.3) is 0 Å². The fourth-order valence-electron chi connectivity index (χ4n) is 17.6. The third-order valence-corrected chi connectivity index (χ3v) is 22.4. The lowest BCUT2D eigenvalue weighted by Crippen LogP contribution is -2.51. The minimum Gasteiger partial charge on any atom is -0.377 e. The number of allylic oxidation sites excluding steroid dienone is 2. The van der Waals surface area contributed by atoms with Gasteiger partial charge in [0.25, 0.3) is 0 Å². The molecule has 0 saturated heterocycles. The Morgan fingerprint density at radius 2 is 0.867 bits per heavy atom. The minimum atomic E-state index is -4.47. The van der Waals surface area contributed by atoms with E-state index in [0.29, 0.717) is 152 Å². The molecular weight excluding hydrogens is 1000 g/mol. The number of fused-ring (bicyclic) bond motifs is 10. The number of carbonyl (C=O) groups excluding carboxylic acids is 2. The van der Waals surface area contributed by atoms with Crippen molar-refractivity contribution in [3.8, 4) is 0 Å².